The molecule has 0 spiro atoms. The Balaban J connectivity index is 1.66. The lowest BCUT2D eigenvalue weighted by atomic mass is 10.2. The van der Waals surface area contributed by atoms with Crippen molar-refractivity contribution in [1.29, 1.82) is 0 Å². The summed E-state index contributed by atoms with van der Waals surface area (Å²) in [6.07, 6.45) is 0. The van der Waals surface area contributed by atoms with Gasteiger partial charge in [-0.3, -0.25) is 9.59 Å². The van der Waals surface area contributed by atoms with Gasteiger partial charge in [-0.2, -0.15) is 0 Å². The fourth-order valence-corrected chi connectivity index (χ4v) is 3.66. The van der Waals surface area contributed by atoms with Gasteiger partial charge in [0.25, 0.3) is 0 Å². The van der Waals surface area contributed by atoms with Crippen LogP contribution in [0.15, 0.2) is 48.5 Å². The smallest absolute Gasteiger partial charge is 0.320 e. The maximum Gasteiger partial charge on any atom is 0.320 e. The minimum absolute atomic E-state index is 0.0454. The molecular weight excluding hydrogens is 439 g/mol. The van der Waals surface area contributed by atoms with E-state index >= 15 is 0 Å². The van der Waals surface area contributed by atoms with Gasteiger partial charge in [0.1, 0.15) is 13.1 Å². The summed E-state index contributed by atoms with van der Waals surface area (Å²) >= 11 is 12.0. The molecule has 1 heterocycles. The third-order valence-electron chi connectivity index (χ3n) is 4.96. The first-order valence-electron chi connectivity index (χ1n) is 9.79. The van der Waals surface area contributed by atoms with Crippen molar-refractivity contribution >= 4 is 46.7 Å². The summed E-state index contributed by atoms with van der Waals surface area (Å²) in [5.74, 6) is -0.465. The molecule has 0 radical (unpaired) electrons. The number of amides is 4. The Kier molecular flexibility index (Phi) is 7.41. The van der Waals surface area contributed by atoms with Crippen LogP contribution in [0.4, 0.5) is 10.5 Å². The van der Waals surface area contributed by atoms with Gasteiger partial charge in [0.15, 0.2) is 0 Å². The molecule has 3 rings (SSSR count). The van der Waals surface area contributed by atoms with Gasteiger partial charge in [-0.15, -0.1) is 0 Å². The number of anilines is 1. The van der Waals surface area contributed by atoms with E-state index in [2.05, 4.69) is 0 Å². The van der Waals surface area contributed by atoms with Crippen LogP contribution in [0.2, 0.25) is 10.0 Å². The van der Waals surface area contributed by atoms with E-state index < -0.39 is 0 Å². The third-order valence-corrected chi connectivity index (χ3v) is 5.45. The van der Waals surface area contributed by atoms with E-state index in [4.69, 9.17) is 23.2 Å². The molecule has 9 heteroatoms. The van der Waals surface area contributed by atoms with Gasteiger partial charge in [0, 0.05) is 49.5 Å². The van der Waals surface area contributed by atoms with Gasteiger partial charge < -0.3 is 19.6 Å². The summed E-state index contributed by atoms with van der Waals surface area (Å²) < 4.78 is 0. The number of carbonyl (C=O) groups is 3. The number of urea groups is 1. The zero-order valence-electron chi connectivity index (χ0n) is 17.4. The molecule has 2 aromatic carbocycles. The van der Waals surface area contributed by atoms with Crippen molar-refractivity contribution < 1.29 is 14.4 Å². The van der Waals surface area contributed by atoms with Gasteiger partial charge in [-0.25, -0.2) is 4.79 Å². The molecule has 7 nitrogen and oxygen atoms in total. The lowest BCUT2D eigenvalue weighted by molar-refractivity contribution is -0.137. The van der Waals surface area contributed by atoms with Crippen LogP contribution in [0.1, 0.15) is 5.56 Å². The number of piperazine rings is 1. The van der Waals surface area contributed by atoms with Crippen molar-refractivity contribution in [3.05, 3.63) is 64.1 Å². The zero-order valence-corrected chi connectivity index (χ0v) is 18.9. The summed E-state index contributed by atoms with van der Waals surface area (Å²) in [6, 6.07) is 13.9. The maximum absolute atomic E-state index is 12.9. The average Bonchev–Trinajstić information content (AvgIpc) is 2.74. The van der Waals surface area contributed by atoms with Gasteiger partial charge in [-0.05, 0) is 35.9 Å². The van der Waals surface area contributed by atoms with Crippen LogP contribution < -0.4 is 4.90 Å². The fraction of sp³-hybridized carbons (Fsp3) is 0.318. The summed E-state index contributed by atoms with van der Waals surface area (Å²) in [5, 5.41) is 1.14. The molecular formula is C22H24Cl2N4O3. The Morgan fingerprint density at radius 2 is 1.71 bits per heavy atom. The second kappa shape index (κ2) is 10.0. The Morgan fingerprint density at radius 3 is 2.32 bits per heavy atom. The molecule has 0 bridgehead atoms. The van der Waals surface area contributed by atoms with Crippen molar-refractivity contribution in [3.63, 3.8) is 0 Å². The summed E-state index contributed by atoms with van der Waals surface area (Å²) in [6.45, 7) is 0.836. The molecule has 2 aromatic rings. The lowest BCUT2D eigenvalue weighted by Crippen LogP contribution is -2.55. The number of hydrogen-bond acceptors (Lipinski definition) is 3. The van der Waals surface area contributed by atoms with Crippen molar-refractivity contribution in [2.24, 2.45) is 0 Å². The number of carbonyl (C=O) groups excluding carboxylic acids is 3. The second-order valence-corrected chi connectivity index (χ2v) is 8.37. The molecule has 164 valence electrons. The highest BCUT2D eigenvalue weighted by Crippen LogP contribution is 2.21. The fourth-order valence-electron chi connectivity index (χ4n) is 3.35. The molecule has 1 saturated heterocycles. The van der Waals surface area contributed by atoms with Gasteiger partial charge in [-0.1, -0.05) is 41.4 Å². The molecule has 0 unspecified atom stereocenters. The van der Waals surface area contributed by atoms with E-state index in [0.29, 0.717) is 28.8 Å². The largest absolute Gasteiger partial charge is 0.331 e. The van der Waals surface area contributed by atoms with E-state index in [1.165, 1.54) is 14.7 Å². The SMILES string of the molecule is CN(C)C(=O)N(CC(=O)N1CCN(c2cccc(Cl)c2)C(=O)C1)Cc1ccc(Cl)cc1. The highest BCUT2D eigenvalue weighted by molar-refractivity contribution is 6.31. The van der Waals surface area contributed by atoms with Crippen LogP contribution in [-0.4, -0.2) is 72.8 Å². The number of hydrogen-bond donors (Lipinski definition) is 0. The van der Waals surface area contributed by atoms with Crippen LogP contribution in [0.25, 0.3) is 0 Å². The highest BCUT2D eigenvalue weighted by atomic mass is 35.5. The van der Waals surface area contributed by atoms with Crippen LogP contribution in [0.3, 0.4) is 0 Å². The van der Waals surface area contributed by atoms with Crippen LogP contribution in [-0.2, 0) is 16.1 Å². The third kappa shape index (κ3) is 5.89. The predicted octanol–water partition coefficient (Wildman–Crippen LogP) is 3.35. The van der Waals surface area contributed by atoms with Crippen molar-refractivity contribution in [2.45, 2.75) is 6.54 Å². The van der Waals surface area contributed by atoms with E-state index in [-0.39, 0.29) is 37.5 Å². The monoisotopic (exact) mass is 462 g/mol. The van der Waals surface area contributed by atoms with Crippen molar-refractivity contribution in [1.82, 2.24) is 14.7 Å². The molecule has 1 aliphatic rings. The molecule has 0 saturated carbocycles. The first-order chi connectivity index (χ1) is 14.7. The molecule has 4 amide bonds. The normalized spacial score (nSPS) is 13.9. The quantitative estimate of drug-likeness (QED) is 0.684. The Hall–Kier alpha value is -2.77. The molecule has 1 aliphatic heterocycles. The van der Waals surface area contributed by atoms with E-state index in [9.17, 15) is 14.4 Å². The predicted molar refractivity (Wildman–Crippen MR) is 121 cm³/mol. The van der Waals surface area contributed by atoms with E-state index in [1.54, 1.807) is 49.3 Å². The first kappa shape index (κ1) is 22.9. The van der Waals surface area contributed by atoms with Gasteiger partial charge in [0.05, 0.1) is 0 Å². The summed E-state index contributed by atoms with van der Waals surface area (Å²) in [4.78, 5) is 44.2. The van der Waals surface area contributed by atoms with Crippen LogP contribution >= 0.6 is 23.2 Å². The second-order valence-electron chi connectivity index (χ2n) is 7.50. The topological polar surface area (TPSA) is 64.2 Å². The van der Waals surface area contributed by atoms with Crippen molar-refractivity contribution in [3.8, 4) is 0 Å². The summed E-state index contributed by atoms with van der Waals surface area (Å²) in [5.41, 5.74) is 1.56. The maximum atomic E-state index is 12.9. The van der Waals surface area contributed by atoms with Crippen LogP contribution in [0, 0.1) is 0 Å². The minimum Gasteiger partial charge on any atom is -0.331 e. The lowest BCUT2D eigenvalue weighted by Gasteiger charge is -2.35. The Bertz CT molecular complexity index is 965. The molecule has 31 heavy (non-hydrogen) atoms. The van der Waals surface area contributed by atoms with Gasteiger partial charge in [0.2, 0.25) is 11.8 Å². The first-order valence-corrected chi connectivity index (χ1v) is 10.5. The molecule has 1 fully saturated rings. The number of halogens is 2. The standard InChI is InChI=1S/C22H24Cl2N4O3/c1-25(2)22(31)27(13-16-6-8-17(23)9-7-16)14-20(29)26-10-11-28(21(30)15-26)19-5-3-4-18(24)12-19/h3-9,12H,10-11,13-15H2,1-2H3. The van der Waals surface area contributed by atoms with E-state index in [1.807, 2.05) is 18.2 Å². The molecule has 0 atom stereocenters. The minimum atomic E-state index is -0.285. The Labute approximate surface area is 191 Å². The zero-order chi connectivity index (χ0) is 22.5. The summed E-state index contributed by atoms with van der Waals surface area (Å²) in [7, 11) is 3.27. The van der Waals surface area contributed by atoms with Crippen molar-refractivity contribution in [2.75, 3.05) is 45.2 Å². The Morgan fingerprint density at radius 1 is 1.00 bits per heavy atom. The average molecular weight is 463 g/mol. The number of benzene rings is 2. The highest BCUT2D eigenvalue weighted by Gasteiger charge is 2.30. The molecule has 0 N–H and O–H groups in total. The van der Waals surface area contributed by atoms with Crippen LogP contribution in [0.5, 0.6) is 0 Å². The number of nitrogens with zero attached hydrogens (tertiary/aromatic N) is 4. The number of rotatable bonds is 5. The molecule has 0 aliphatic carbocycles. The van der Waals surface area contributed by atoms with E-state index in [0.717, 1.165) is 5.56 Å². The van der Waals surface area contributed by atoms with Gasteiger partial charge >= 0.3 is 6.03 Å². The molecule has 0 aromatic heterocycles.